The Balaban J connectivity index is 2.98. The minimum Gasteiger partial charge on any atom is -0.465 e. The van der Waals surface area contributed by atoms with Crippen LogP contribution in [0.2, 0.25) is 5.02 Å². The number of hydrogen-bond donors (Lipinski definition) is 1. The molecule has 4 nitrogen and oxygen atoms in total. The number of benzene rings is 1. The van der Waals surface area contributed by atoms with Crippen molar-refractivity contribution in [3.05, 3.63) is 23.0 Å². The highest BCUT2D eigenvalue weighted by Gasteiger charge is 2.26. The lowest BCUT2D eigenvalue weighted by molar-refractivity contribution is -0.143. The number of nitrogens with one attached hydrogen (secondary N) is 1. The van der Waals surface area contributed by atoms with E-state index < -0.39 is 11.1 Å². The first-order valence-corrected chi connectivity index (χ1v) is 9.68. The van der Waals surface area contributed by atoms with Crippen molar-refractivity contribution in [1.82, 2.24) is 0 Å². The first-order valence-electron chi connectivity index (χ1n) is 8.42. The van der Waals surface area contributed by atoms with Gasteiger partial charge in [-0.3, -0.25) is 9.59 Å². The maximum Gasteiger partial charge on any atom is 0.319 e. The zero-order valence-corrected chi connectivity index (χ0v) is 16.6. The van der Waals surface area contributed by atoms with Gasteiger partial charge < -0.3 is 10.1 Å². The van der Waals surface area contributed by atoms with Crippen molar-refractivity contribution in [3.8, 4) is 0 Å². The van der Waals surface area contributed by atoms with Gasteiger partial charge in [-0.1, -0.05) is 45.7 Å². The summed E-state index contributed by atoms with van der Waals surface area (Å²) >= 11 is 7.35. The Morgan fingerprint density at radius 2 is 2.00 bits per heavy atom. The van der Waals surface area contributed by atoms with Gasteiger partial charge in [0.1, 0.15) is 11.1 Å². The number of carbonyl (C=O) groups is 2. The summed E-state index contributed by atoms with van der Waals surface area (Å²) < 4.78 is 19.3. The molecule has 0 aliphatic heterocycles. The molecule has 1 aromatic carbocycles. The first-order chi connectivity index (χ1) is 11.8. The monoisotopic (exact) mass is 389 g/mol. The molecule has 0 heterocycles. The smallest absolute Gasteiger partial charge is 0.319 e. The normalized spacial score (nSPS) is 12.1. The lowest BCUT2D eigenvalue weighted by atomic mass is 10.1. The van der Waals surface area contributed by atoms with Gasteiger partial charge in [0.2, 0.25) is 5.91 Å². The Morgan fingerprint density at radius 3 is 2.56 bits per heavy atom. The third kappa shape index (κ3) is 6.86. The van der Waals surface area contributed by atoms with Crippen LogP contribution in [0.25, 0.3) is 0 Å². The van der Waals surface area contributed by atoms with Gasteiger partial charge in [-0.2, -0.15) is 0 Å². The molecule has 0 radical (unpaired) electrons. The lowest BCUT2D eigenvalue weighted by Gasteiger charge is -2.20. The van der Waals surface area contributed by atoms with E-state index >= 15 is 0 Å². The highest BCUT2D eigenvalue weighted by molar-refractivity contribution is 8.00. The van der Waals surface area contributed by atoms with E-state index in [4.69, 9.17) is 16.3 Å². The fourth-order valence-electron chi connectivity index (χ4n) is 1.95. The van der Waals surface area contributed by atoms with Gasteiger partial charge in [-0.25, -0.2) is 4.39 Å². The first kappa shape index (κ1) is 21.8. The number of ether oxygens (including phenoxy) is 1. The van der Waals surface area contributed by atoms with Crippen molar-refractivity contribution >= 4 is 40.9 Å². The molecule has 0 aromatic heterocycles. The molecule has 1 unspecified atom stereocenters. The molecule has 0 saturated heterocycles. The number of unbranched alkanes of at least 4 members (excludes halogenated alkanes) is 1. The van der Waals surface area contributed by atoms with Gasteiger partial charge in [0.25, 0.3) is 0 Å². The van der Waals surface area contributed by atoms with E-state index in [1.807, 2.05) is 20.8 Å². The van der Waals surface area contributed by atoms with E-state index in [-0.39, 0.29) is 34.9 Å². The largest absolute Gasteiger partial charge is 0.465 e. The van der Waals surface area contributed by atoms with Gasteiger partial charge in [-0.15, -0.1) is 11.8 Å². The van der Waals surface area contributed by atoms with E-state index in [2.05, 4.69) is 5.32 Å². The molecule has 1 aromatic rings. The van der Waals surface area contributed by atoms with Gasteiger partial charge in [0.05, 0.1) is 17.3 Å². The topological polar surface area (TPSA) is 55.4 Å². The molecule has 0 aliphatic rings. The van der Waals surface area contributed by atoms with Crippen molar-refractivity contribution in [1.29, 1.82) is 0 Å². The minimum atomic E-state index is -0.609. The van der Waals surface area contributed by atoms with Crippen molar-refractivity contribution < 1.29 is 18.7 Å². The number of amides is 1. The summed E-state index contributed by atoms with van der Waals surface area (Å²) in [6, 6.07) is 2.61. The predicted octanol–water partition coefficient (Wildman–Crippen LogP) is 5.29. The van der Waals surface area contributed by atoms with Gasteiger partial charge in [0.15, 0.2) is 0 Å². The quantitative estimate of drug-likeness (QED) is 0.354. The fourth-order valence-corrected chi connectivity index (χ4v) is 3.30. The molecule has 0 saturated carbocycles. The zero-order valence-electron chi connectivity index (χ0n) is 15.0. The summed E-state index contributed by atoms with van der Waals surface area (Å²) in [4.78, 5) is 24.4. The van der Waals surface area contributed by atoms with E-state index in [9.17, 15) is 14.0 Å². The molecule has 0 spiro atoms. The van der Waals surface area contributed by atoms with Crippen molar-refractivity contribution in [3.63, 3.8) is 0 Å². The van der Waals surface area contributed by atoms with Crippen molar-refractivity contribution in [2.24, 2.45) is 5.92 Å². The van der Waals surface area contributed by atoms with Crippen LogP contribution in [-0.2, 0) is 14.3 Å². The molecule has 140 valence electrons. The molecular weight excluding hydrogens is 365 g/mol. The third-order valence-corrected chi connectivity index (χ3v) is 5.46. The van der Waals surface area contributed by atoms with E-state index in [1.165, 1.54) is 17.8 Å². The van der Waals surface area contributed by atoms with E-state index in [0.717, 1.165) is 18.9 Å². The van der Waals surface area contributed by atoms with Gasteiger partial charge in [0, 0.05) is 11.3 Å². The van der Waals surface area contributed by atoms with Crippen LogP contribution >= 0.6 is 23.4 Å². The maximum absolute atomic E-state index is 14.0. The van der Waals surface area contributed by atoms with Gasteiger partial charge in [-0.05, 0) is 24.5 Å². The Hall–Kier alpha value is -1.27. The number of hydrogen-bond acceptors (Lipinski definition) is 4. The van der Waals surface area contributed by atoms with Crippen LogP contribution in [0.1, 0.15) is 47.0 Å². The van der Waals surface area contributed by atoms with Crippen LogP contribution < -0.4 is 5.32 Å². The number of thioether (sulfide) groups is 1. The Labute approximate surface area is 157 Å². The predicted molar refractivity (Wildman–Crippen MR) is 101 cm³/mol. The fraction of sp³-hybridized carbons (Fsp3) is 0.556. The van der Waals surface area contributed by atoms with Crippen LogP contribution in [0.5, 0.6) is 0 Å². The van der Waals surface area contributed by atoms with Crippen LogP contribution in [0.4, 0.5) is 10.1 Å². The standard InChI is InChI=1S/C18H25ClFNO3S/c1-5-7-8-24-18(23)17(11(3)4)25-15-10-14(21-16(22)6-2)13(20)9-12(15)19/h9-11,17H,5-8H2,1-4H3,(H,21,22). The van der Waals surface area contributed by atoms with Crippen LogP contribution in [0.3, 0.4) is 0 Å². The Morgan fingerprint density at radius 1 is 1.32 bits per heavy atom. The molecule has 7 heteroatoms. The molecule has 0 bridgehead atoms. The van der Waals surface area contributed by atoms with E-state index in [1.54, 1.807) is 6.92 Å². The number of esters is 1. The summed E-state index contributed by atoms with van der Waals surface area (Å²) in [6.07, 6.45) is 1.99. The average Bonchev–Trinajstić information content (AvgIpc) is 2.55. The summed E-state index contributed by atoms with van der Waals surface area (Å²) in [5.41, 5.74) is 0.0561. The number of anilines is 1. The molecule has 1 N–H and O–H groups in total. The third-order valence-electron chi connectivity index (χ3n) is 3.45. The summed E-state index contributed by atoms with van der Waals surface area (Å²) in [5.74, 6) is -1.21. The SMILES string of the molecule is CCCCOC(=O)C(Sc1cc(NC(=O)CC)c(F)cc1Cl)C(C)C. The summed E-state index contributed by atoms with van der Waals surface area (Å²) in [5, 5.41) is 2.23. The minimum absolute atomic E-state index is 0.00827. The number of carbonyl (C=O) groups excluding carboxylic acids is 2. The molecule has 0 aliphatic carbocycles. The summed E-state index contributed by atoms with van der Waals surface area (Å²) in [7, 11) is 0. The lowest BCUT2D eigenvalue weighted by Crippen LogP contribution is -2.26. The van der Waals surface area contributed by atoms with Crippen LogP contribution in [0.15, 0.2) is 17.0 Å². The average molecular weight is 390 g/mol. The van der Waals surface area contributed by atoms with Crippen LogP contribution in [-0.4, -0.2) is 23.7 Å². The molecule has 1 atom stereocenters. The molecule has 1 amide bonds. The molecule has 25 heavy (non-hydrogen) atoms. The maximum atomic E-state index is 14.0. The molecule has 0 fully saturated rings. The van der Waals surface area contributed by atoms with E-state index in [0.29, 0.717) is 11.5 Å². The second-order valence-corrected chi connectivity index (χ2v) is 7.56. The van der Waals surface area contributed by atoms with Gasteiger partial charge >= 0.3 is 5.97 Å². The highest BCUT2D eigenvalue weighted by Crippen LogP contribution is 2.37. The summed E-state index contributed by atoms with van der Waals surface area (Å²) in [6.45, 7) is 7.91. The second-order valence-electron chi connectivity index (χ2n) is 5.97. The Bertz CT molecular complexity index is 610. The van der Waals surface area contributed by atoms with Crippen LogP contribution in [0, 0.1) is 11.7 Å². The second kappa shape index (κ2) is 10.7. The van der Waals surface area contributed by atoms with Crippen molar-refractivity contribution in [2.75, 3.05) is 11.9 Å². The molecular formula is C18H25ClFNO3S. The van der Waals surface area contributed by atoms with Crippen molar-refractivity contribution in [2.45, 2.75) is 57.1 Å². The molecule has 1 rings (SSSR count). The number of rotatable bonds is 9. The zero-order chi connectivity index (χ0) is 19.0. The highest BCUT2D eigenvalue weighted by atomic mass is 35.5. The Kier molecular flexibility index (Phi) is 9.28. The number of halogens is 2.